The Morgan fingerprint density at radius 2 is 1.62 bits per heavy atom. The largest absolute Gasteiger partial charge is 0.484 e. The maximum absolute atomic E-state index is 12.6. The van der Waals surface area contributed by atoms with Gasteiger partial charge in [0.2, 0.25) is 0 Å². The van der Waals surface area contributed by atoms with Crippen molar-refractivity contribution in [3.05, 3.63) is 59.2 Å². The molecule has 2 heterocycles. The van der Waals surface area contributed by atoms with E-state index in [1.165, 1.54) is 0 Å². The van der Waals surface area contributed by atoms with Gasteiger partial charge in [-0.3, -0.25) is 4.79 Å². The number of nitrogens with zero attached hydrogens (tertiary/aromatic N) is 4. The first-order valence-corrected chi connectivity index (χ1v) is 10.8. The Morgan fingerprint density at radius 1 is 0.969 bits per heavy atom. The molecule has 0 atom stereocenters. The number of hydrogen-bond acceptors (Lipinski definition) is 7. The monoisotopic (exact) mass is 454 g/mol. The summed E-state index contributed by atoms with van der Waals surface area (Å²) in [5, 5.41) is 0.610. The molecule has 9 heteroatoms. The average molecular weight is 455 g/mol. The van der Waals surface area contributed by atoms with Crippen LogP contribution in [-0.2, 0) is 9.53 Å². The molecule has 8 nitrogen and oxygen atoms in total. The number of piperazine rings is 1. The van der Waals surface area contributed by atoms with Crippen LogP contribution in [-0.4, -0.2) is 66.1 Å². The van der Waals surface area contributed by atoms with Crippen molar-refractivity contribution in [3.8, 4) is 5.75 Å². The van der Waals surface area contributed by atoms with Crippen LogP contribution in [0.5, 0.6) is 5.75 Å². The number of amides is 1. The average Bonchev–Trinajstić information content (AvgIpc) is 2.83. The Balaban J connectivity index is 1.44. The maximum atomic E-state index is 12.6. The van der Waals surface area contributed by atoms with Crippen molar-refractivity contribution in [1.29, 1.82) is 0 Å². The summed E-state index contributed by atoms with van der Waals surface area (Å²) < 4.78 is 10.8. The van der Waals surface area contributed by atoms with Gasteiger partial charge in [-0.05, 0) is 43.3 Å². The second kappa shape index (κ2) is 9.82. The fraction of sp³-hybridized carbons (Fsp3) is 0.304. The van der Waals surface area contributed by atoms with Crippen molar-refractivity contribution in [2.45, 2.75) is 6.92 Å². The van der Waals surface area contributed by atoms with E-state index >= 15 is 0 Å². The van der Waals surface area contributed by atoms with Gasteiger partial charge in [-0.15, -0.1) is 0 Å². The van der Waals surface area contributed by atoms with Crippen LogP contribution in [0.4, 0.5) is 5.82 Å². The summed E-state index contributed by atoms with van der Waals surface area (Å²) in [4.78, 5) is 38.0. The number of carbonyl (C=O) groups is 2. The third-order valence-electron chi connectivity index (χ3n) is 5.13. The SMILES string of the molecule is CCOC(=O)c1nc2ccccc2nc1N1CCN(C(=O)COc2ccc(Cl)cc2)CC1. The zero-order chi connectivity index (χ0) is 22.5. The lowest BCUT2D eigenvalue weighted by atomic mass is 10.2. The summed E-state index contributed by atoms with van der Waals surface area (Å²) in [5.74, 6) is 0.462. The molecule has 0 radical (unpaired) electrons. The topological polar surface area (TPSA) is 84.9 Å². The summed E-state index contributed by atoms with van der Waals surface area (Å²) in [5.41, 5.74) is 1.52. The number of fused-ring (bicyclic) bond motifs is 1. The van der Waals surface area contributed by atoms with Gasteiger partial charge in [0, 0.05) is 31.2 Å². The number of hydrogen-bond donors (Lipinski definition) is 0. The number of anilines is 1. The van der Waals surface area contributed by atoms with Gasteiger partial charge in [0.1, 0.15) is 5.75 Å². The van der Waals surface area contributed by atoms with Gasteiger partial charge in [-0.2, -0.15) is 0 Å². The molecule has 1 aliphatic heterocycles. The molecule has 0 N–H and O–H groups in total. The Morgan fingerprint density at radius 3 is 2.28 bits per heavy atom. The molecule has 0 aliphatic carbocycles. The van der Waals surface area contributed by atoms with E-state index in [1.54, 1.807) is 36.1 Å². The number of ether oxygens (including phenoxy) is 2. The Hall–Kier alpha value is -3.39. The molecule has 1 fully saturated rings. The maximum Gasteiger partial charge on any atom is 0.360 e. The van der Waals surface area contributed by atoms with E-state index in [0.717, 1.165) is 0 Å². The highest BCUT2D eigenvalue weighted by atomic mass is 35.5. The third kappa shape index (κ3) is 4.91. The second-order valence-corrected chi connectivity index (χ2v) is 7.65. The van der Waals surface area contributed by atoms with Gasteiger partial charge in [-0.1, -0.05) is 23.7 Å². The number of benzene rings is 2. The van der Waals surface area contributed by atoms with E-state index in [9.17, 15) is 9.59 Å². The minimum Gasteiger partial charge on any atom is -0.484 e. The highest BCUT2D eigenvalue weighted by Crippen LogP contribution is 2.23. The van der Waals surface area contributed by atoms with Crippen LogP contribution in [0, 0.1) is 0 Å². The number of rotatable bonds is 6. The van der Waals surface area contributed by atoms with Crippen molar-refractivity contribution < 1.29 is 19.1 Å². The van der Waals surface area contributed by atoms with Gasteiger partial charge < -0.3 is 19.3 Å². The van der Waals surface area contributed by atoms with Crippen molar-refractivity contribution in [3.63, 3.8) is 0 Å². The van der Waals surface area contributed by atoms with Crippen molar-refractivity contribution >= 4 is 40.3 Å². The molecule has 32 heavy (non-hydrogen) atoms. The fourth-order valence-electron chi connectivity index (χ4n) is 3.48. The van der Waals surface area contributed by atoms with E-state index in [1.807, 2.05) is 29.2 Å². The molecular formula is C23H23ClN4O4. The summed E-state index contributed by atoms with van der Waals surface area (Å²) in [6.07, 6.45) is 0. The van der Waals surface area contributed by atoms with E-state index < -0.39 is 5.97 Å². The normalized spacial score (nSPS) is 13.8. The number of carbonyl (C=O) groups excluding carboxylic acids is 2. The number of halogens is 1. The molecule has 0 unspecified atom stereocenters. The molecule has 4 rings (SSSR count). The number of esters is 1. The van der Waals surface area contributed by atoms with Crippen LogP contribution in [0.1, 0.15) is 17.4 Å². The van der Waals surface area contributed by atoms with E-state index in [4.69, 9.17) is 21.1 Å². The molecular weight excluding hydrogens is 432 g/mol. The molecule has 3 aromatic rings. The van der Waals surface area contributed by atoms with E-state index in [-0.39, 0.29) is 24.8 Å². The molecule has 1 aliphatic rings. The van der Waals surface area contributed by atoms with Gasteiger partial charge in [0.05, 0.1) is 17.6 Å². The second-order valence-electron chi connectivity index (χ2n) is 7.22. The van der Waals surface area contributed by atoms with Crippen LogP contribution >= 0.6 is 11.6 Å². The molecule has 1 aromatic heterocycles. The first kappa shape index (κ1) is 21.8. The zero-order valence-corrected chi connectivity index (χ0v) is 18.4. The third-order valence-corrected chi connectivity index (χ3v) is 5.38. The minimum atomic E-state index is -0.504. The van der Waals surface area contributed by atoms with Crippen molar-refractivity contribution in [1.82, 2.24) is 14.9 Å². The fourth-order valence-corrected chi connectivity index (χ4v) is 3.61. The van der Waals surface area contributed by atoms with Crippen molar-refractivity contribution in [2.24, 2.45) is 0 Å². The highest BCUT2D eigenvalue weighted by Gasteiger charge is 2.27. The highest BCUT2D eigenvalue weighted by molar-refractivity contribution is 6.30. The van der Waals surface area contributed by atoms with Crippen LogP contribution in [0.15, 0.2) is 48.5 Å². The molecule has 0 spiro atoms. The van der Waals surface area contributed by atoms with Crippen LogP contribution in [0.3, 0.4) is 0 Å². The Labute approximate surface area is 190 Å². The Bertz CT molecular complexity index is 1110. The van der Waals surface area contributed by atoms with Crippen molar-refractivity contribution in [2.75, 3.05) is 44.3 Å². The van der Waals surface area contributed by atoms with Gasteiger partial charge in [0.25, 0.3) is 5.91 Å². The summed E-state index contributed by atoms with van der Waals surface area (Å²) in [6, 6.07) is 14.3. The summed E-state index contributed by atoms with van der Waals surface area (Å²) in [6.45, 7) is 3.97. The molecule has 1 amide bonds. The lowest BCUT2D eigenvalue weighted by Gasteiger charge is -2.35. The number of aromatic nitrogens is 2. The summed E-state index contributed by atoms with van der Waals surface area (Å²) in [7, 11) is 0. The standard InChI is InChI=1S/C23H23ClN4O4/c1-2-31-23(30)21-22(26-19-6-4-3-5-18(19)25-21)28-13-11-27(12-14-28)20(29)15-32-17-9-7-16(24)8-10-17/h3-10H,2,11-15H2,1H3. The predicted molar refractivity (Wildman–Crippen MR) is 121 cm³/mol. The lowest BCUT2D eigenvalue weighted by Crippen LogP contribution is -2.50. The molecule has 1 saturated heterocycles. The first-order valence-electron chi connectivity index (χ1n) is 10.4. The molecule has 0 saturated carbocycles. The molecule has 0 bridgehead atoms. The number of para-hydroxylation sites is 2. The summed E-state index contributed by atoms with van der Waals surface area (Å²) >= 11 is 5.87. The first-order chi connectivity index (χ1) is 15.5. The van der Waals surface area contributed by atoms with Gasteiger partial charge >= 0.3 is 5.97 Å². The smallest absolute Gasteiger partial charge is 0.360 e. The molecule has 2 aromatic carbocycles. The van der Waals surface area contributed by atoms with Crippen LogP contribution in [0.25, 0.3) is 11.0 Å². The lowest BCUT2D eigenvalue weighted by molar-refractivity contribution is -0.133. The van der Waals surface area contributed by atoms with E-state index in [0.29, 0.717) is 53.8 Å². The predicted octanol–water partition coefficient (Wildman–Crippen LogP) is 3.19. The molecule has 166 valence electrons. The Kier molecular flexibility index (Phi) is 6.70. The minimum absolute atomic E-state index is 0.0501. The zero-order valence-electron chi connectivity index (χ0n) is 17.7. The van der Waals surface area contributed by atoms with Crippen LogP contribution < -0.4 is 9.64 Å². The van der Waals surface area contributed by atoms with Gasteiger partial charge in [-0.25, -0.2) is 14.8 Å². The quantitative estimate of drug-likeness (QED) is 0.529. The van der Waals surface area contributed by atoms with Gasteiger partial charge in [0.15, 0.2) is 18.1 Å². The van der Waals surface area contributed by atoms with Crippen LogP contribution in [0.2, 0.25) is 5.02 Å². The van der Waals surface area contributed by atoms with E-state index in [2.05, 4.69) is 9.97 Å².